The summed E-state index contributed by atoms with van der Waals surface area (Å²) in [7, 11) is -3.86. The first kappa shape index (κ1) is 23.8. The number of morpholine rings is 1. The Morgan fingerprint density at radius 3 is 2.59 bits per heavy atom. The van der Waals surface area contributed by atoms with Crippen LogP contribution in [-0.2, 0) is 19.5 Å². The summed E-state index contributed by atoms with van der Waals surface area (Å²) in [6.45, 7) is 2.91. The number of rotatable bonds is 7. The Labute approximate surface area is 194 Å². The van der Waals surface area contributed by atoms with Gasteiger partial charge in [0.05, 0.1) is 36.8 Å². The number of carbonyl (C=O) groups is 1. The van der Waals surface area contributed by atoms with Gasteiger partial charge in [0.1, 0.15) is 5.60 Å². The molecule has 10 heteroatoms. The molecule has 8 nitrogen and oxygen atoms in total. The van der Waals surface area contributed by atoms with Crippen LogP contribution in [-0.4, -0.2) is 78.9 Å². The van der Waals surface area contributed by atoms with Crippen LogP contribution in [0.15, 0.2) is 29.2 Å². The van der Waals surface area contributed by atoms with Crippen molar-refractivity contribution in [2.24, 2.45) is 0 Å². The van der Waals surface area contributed by atoms with Crippen molar-refractivity contribution in [3.8, 4) is 0 Å². The quantitative estimate of drug-likeness (QED) is 0.636. The molecule has 1 saturated carbocycles. The highest BCUT2D eigenvalue weighted by Gasteiger charge is 2.60. The average Bonchev–Trinajstić information content (AvgIpc) is 3.39. The van der Waals surface area contributed by atoms with E-state index in [-0.39, 0.29) is 30.2 Å². The number of nitrogens with zero attached hydrogens (tertiary/aromatic N) is 2. The number of ether oxygens (including phenoxy) is 2. The van der Waals surface area contributed by atoms with Gasteiger partial charge in [0.2, 0.25) is 10.0 Å². The van der Waals surface area contributed by atoms with Crippen molar-refractivity contribution in [1.82, 2.24) is 9.21 Å². The zero-order valence-corrected chi connectivity index (χ0v) is 19.9. The molecule has 3 aliphatic rings. The minimum atomic E-state index is -3.86. The lowest BCUT2D eigenvalue weighted by atomic mass is 10.0. The molecule has 178 valence electrons. The molecule has 1 amide bonds. The van der Waals surface area contributed by atoms with E-state index in [0.29, 0.717) is 37.4 Å². The Kier molecular flexibility index (Phi) is 7.03. The average molecular weight is 487 g/mol. The molecule has 1 aromatic carbocycles. The van der Waals surface area contributed by atoms with Crippen molar-refractivity contribution in [3.05, 3.63) is 29.3 Å². The van der Waals surface area contributed by atoms with Crippen molar-refractivity contribution in [2.45, 2.75) is 74.1 Å². The highest BCUT2D eigenvalue weighted by Crippen LogP contribution is 2.48. The largest absolute Gasteiger partial charge is 0.441 e. The summed E-state index contributed by atoms with van der Waals surface area (Å²) in [5.74, 6) is 0. The lowest BCUT2D eigenvalue weighted by Gasteiger charge is -2.44. The number of hydrogen-bond donors (Lipinski definition) is 1. The van der Waals surface area contributed by atoms with Gasteiger partial charge in [-0.15, -0.1) is 0 Å². The predicted molar refractivity (Wildman–Crippen MR) is 119 cm³/mol. The van der Waals surface area contributed by atoms with Gasteiger partial charge in [0, 0.05) is 17.6 Å². The molecule has 1 N–H and O–H groups in total. The van der Waals surface area contributed by atoms with Gasteiger partial charge in [-0.1, -0.05) is 24.9 Å². The maximum atomic E-state index is 13.8. The van der Waals surface area contributed by atoms with E-state index < -0.39 is 27.8 Å². The Hall–Kier alpha value is -1.39. The Balaban J connectivity index is 1.63. The van der Waals surface area contributed by atoms with Crippen LogP contribution >= 0.6 is 11.6 Å². The summed E-state index contributed by atoms with van der Waals surface area (Å²) < 4.78 is 40.8. The van der Waals surface area contributed by atoms with E-state index >= 15 is 0 Å². The molecule has 0 unspecified atom stereocenters. The first-order valence-corrected chi connectivity index (χ1v) is 13.1. The van der Waals surface area contributed by atoms with Gasteiger partial charge in [-0.2, -0.15) is 4.31 Å². The summed E-state index contributed by atoms with van der Waals surface area (Å²) in [4.78, 5) is 14.7. The standard InChI is InChI=1S/C22H31ClN2O6S/c1-2-4-18-14-30-15-20(25(18)32(28,29)19-8-6-16(23)7-9-19)22(10-11-22)31-21(27)24-12-3-5-17(24)13-26/h6-9,17-18,20,26H,2-5,10-15H2,1H3/t17-,18+,20+/m0/s1. The van der Waals surface area contributed by atoms with Gasteiger partial charge in [0.15, 0.2) is 0 Å². The molecule has 2 saturated heterocycles. The van der Waals surface area contributed by atoms with E-state index in [0.717, 1.165) is 19.3 Å². The third-order valence-corrected chi connectivity index (χ3v) is 8.95. The smallest absolute Gasteiger partial charge is 0.410 e. The second-order valence-electron chi connectivity index (χ2n) is 8.89. The number of sulfonamides is 1. The summed E-state index contributed by atoms with van der Waals surface area (Å²) in [6.07, 6.45) is 3.67. The van der Waals surface area contributed by atoms with Crippen LogP contribution in [0.25, 0.3) is 0 Å². The molecule has 1 aromatic rings. The second-order valence-corrected chi connectivity index (χ2v) is 11.2. The second kappa shape index (κ2) is 9.46. The molecular formula is C22H31ClN2O6S. The molecule has 32 heavy (non-hydrogen) atoms. The molecular weight excluding hydrogens is 456 g/mol. The molecule has 1 aliphatic carbocycles. The fraction of sp³-hybridized carbons (Fsp3) is 0.682. The van der Waals surface area contributed by atoms with Crippen LogP contribution in [0.5, 0.6) is 0 Å². The maximum absolute atomic E-state index is 13.8. The van der Waals surface area contributed by atoms with E-state index in [1.807, 2.05) is 6.92 Å². The topological polar surface area (TPSA) is 96.4 Å². The molecule has 0 spiro atoms. The summed E-state index contributed by atoms with van der Waals surface area (Å²) in [5, 5.41) is 10.0. The van der Waals surface area contributed by atoms with Crippen molar-refractivity contribution in [2.75, 3.05) is 26.4 Å². The first-order valence-electron chi connectivity index (χ1n) is 11.3. The molecule has 2 aliphatic heterocycles. The van der Waals surface area contributed by atoms with Gasteiger partial charge in [-0.25, -0.2) is 13.2 Å². The third-order valence-electron chi connectivity index (χ3n) is 6.73. The minimum Gasteiger partial charge on any atom is -0.441 e. The third kappa shape index (κ3) is 4.50. The van der Waals surface area contributed by atoms with E-state index in [9.17, 15) is 18.3 Å². The predicted octanol–water partition coefficient (Wildman–Crippen LogP) is 3.02. The van der Waals surface area contributed by atoms with Crippen LogP contribution in [0.1, 0.15) is 45.4 Å². The zero-order valence-electron chi connectivity index (χ0n) is 18.3. The summed E-state index contributed by atoms with van der Waals surface area (Å²) in [6, 6.07) is 4.95. The number of carbonyl (C=O) groups excluding carboxylic acids is 1. The number of likely N-dealkylation sites (tertiary alicyclic amines) is 1. The van der Waals surface area contributed by atoms with Gasteiger partial charge in [-0.05, 0) is 56.4 Å². The highest BCUT2D eigenvalue weighted by molar-refractivity contribution is 7.89. The number of hydrogen-bond acceptors (Lipinski definition) is 6. The molecule has 3 fully saturated rings. The van der Waals surface area contributed by atoms with Gasteiger partial charge < -0.3 is 19.5 Å². The van der Waals surface area contributed by atoms with Gasteiger partial charge in [0.25, 0.3) is 0 Å². The monoisotopic (exact) mass is 486 g/mol. The van der Waals surface area contributed by atoms with E-state index in [4.69, 9.17) is 21.1 Å². The summed E-state index contributed by atoms with van der Waals surface area (Å²) in [5.41, 5.74) is -0.911. The number of aliphatic hydroxyl groups is 1. The number of amides is 1. The number of benzene rings is 1. The fourth-order valence-electron chi connectivity index (χ4n) is 4.86. The molecule has 4 rings (SSSR count). The fourth-order valence-corrected chi connectivity index (χ4v) is 6.86. The highest BCUT2D eigenvalue weighted by atomic mass is 35.5. The molecule has 0 bridgehead atoms. The van der Waals surface area contributed by atoms with Crippen LogP contribution in [0.4, 0.5) is 4.79 Å². The molecule has 3 atom stereocenters. The normalized spacial score (nSPS) is 28.0. The van der Waals surface area contributed by atoms with Crippen molar-refractivity contribution in [1.29, 1.82) is 0 Å². The summed E-state index contributed by atoms with van der Waals surface area (Å²) >= 11 is 5.97. The van der Waals surface area contributed by atoms with Crippen LogP contribution < -0.4 is 0 Å². The van der Waals surface area contributed by atoms with Crippen molar-refractivity contribution >= 4 is 27.7 Å². The lowest BCUT2D eigenvalue weighted by molar-refractivity contribution is -0.0737. The zero-order chi connectivity index (χ0) is 22.9. The molecule has 2 heterocycles. The number of halogens is 1. The van der Waals surface area contributed by atoms with Crippen LogP contribution in [0.2, 0.25) is 5.02 Å². The Morgan fingerprint density at radius 1 is 1.25 bits per heavy atom. The Morgan fingerprint density at radius 2 is 1.97 bits per heavy atom. The maximum Gasteiger partial charge on any atom is 0.410 e. The van der Waals surface area contributed by atoms with Gasteiger partial charge >= 0.3 is 6.09 Å². The number of aliphatic hydroxyl groups excluding tert-OH is 1. The molecule has 0 radical (unpaired) electrons. The van der Waals surface area contributed by atoms with E-state index in [1.165, 1.54) is 16.4 Å². The Bertz CT molecular complexity index is 919. The van der Waals surface area contributed by atoms with Crippen molar-refractivity contribution < 1.29 is 27.8 Å². The van der Waals surface area contributed by atoms with Crippen molar-refractivity contribution in [3.63, 3.8) is 0 Å². The van der Waals surface area contributed by atoms with E-state index in [2.05, 4.69) is 0 Å². The minimum absolute atomic E-state index is 0.107. The molecule has 0 aromatic heterocycles. The van der Waals surface area contributed by atoms with Gasteiger partial charge in [-0.3, -0.25) is 0 Å². The van der Waals surface area contributed by atoms with Crippen LogP contribution in [0.3, 0.4) is 0 Å². The first-order chi connectivity index (χ1) is 15.3. The lowest BCUT2D eigenvalue weighted by Crippen LogP contribution is -2.61. The van der Waals surface area contributed by atoms with Crippen LogP contribution in [0, 0.1) is 0 Å². The van der Waals surface area contributed by atoms with E-state index in [1.54, 1.807) is 17.0 Å². The SMILES string of the molecule is CCC[C@@H]1COC[C@H](C2(OC(=O)N3CCC[C@H]3CO)CC2)N1S(=O)(=O)c1ccc(Cl)cc1.